The highest BCUT2D eigenvalue weighted by atomic mass is 16.4. The van der Waals surface area contributed by atoms with Gasteiger partial charge in [-0.25, -0.2) is 9.59 Å². The quantitative estimate of drug-likeness (QED) is 0.373. The summed E-state index contributed by atoms with van der Waals surface area (Å²) in [5.41, 5.74) is 0. The average molecular weight is 230 g/mol. The molecule has 0 unspecified atom stereocenters. The fourth-order valence-corrected chi connectivity index (χ4v) is 0.811. The molecule has 10 nitrogen and oxygen atoms in total. The zero-order chi connectivity index (χ0) is 12.0. The number of nitrogens with zero attached hydrogens (tertiary/aromatic N) is 3. The highest BCUT2D eigenvalue weighted by Crippen LogP contribution is 1.84. The van der Waals surface area contributed by atoms with Crippen molar-refractivity contribution in [2.45, 2.75) is 12.6 Å². The monoisotopic (exact) mass is 230 g/mol. The Labute approximate surface area is 89.0 Å². The van der Waals surface area contributed by atoms with E-state index in [0.29, 0.717) is 0 Å². The van der Waals surface area contributed by atoms with Crippen molar-refractivity contribution in [2.24, 2.45) is 0 Å². The molecule has 1 heterocycles. The van der Waals surface area contributed by atoms with E-state index in [1.165, 1.54) is 0 Å². The summed E-state index contributed by atoms with van der Waals surface area (Å²) in [7, 11) is 0. The maximum Gasteiger partial charge on any atom is 0.328 e. The SMILES string of the molecule is O=C(NCc1nn[nH]n1)N[C@@H](CO)C(=O)O. The molecule has 0 saturated carbocycles. The largest absolute Gasteiger partial charge is 0.480 e. The van der Waals surface area contributed by atoms with Crippen molar-refractivity contribution in [3.8, 4) is 0 Å². The predicted octanol–water partition coefficient (Wildman–Crippen LogP) is -2.56. The van der Waals surface area contributed by atoms with Gasteiger partial charge >= 0.3 is 12.0 Å². The first kappa shape index (κ1) is 11.8. The number of aliphatic hydroxyl groups is 1. The van der Waals surface area contributed by atoms with Crippen LogP contribution in [0.1, 0.15) is 5.82 Å². The molecular formula is C6H10N6O4. The van der Waals surface area contributed by atoms with Gasteiger partial charge in [0.15, 0.2) is 11.9 Å². The van der Waals surface area contributed by atoms with E-state index in [2.05, 4.69) is 25.9 Å². The van der Waals surface area contributed by atoms with Crippen molar-refractivity contribution in [3.63, 3.8) is 0 Å². The second-order valence-electron chi connectivity index (χ2n) is 2.73. The van der Waals surface area contributed by atoms with Gasteiger partial charge in [-0.15, -0.1) is 10.2 Å². The smallest absolute Gasteiger partial charge is 0.328 e. The Kier molecular flexibility index (Phi) is 4.15. The summed E-state index contributed by atoms with van der Waals surface area (Å²) in [5, 5.41) is 34.1. The number of amides is 2. The number of aliphatic carboxylic acids is 1. The van der Waals surface area contributed by atoms with Gasteiger partial charge in [0.1, 0.15) is 0 Å². The van der Waals surface area contributed by atoms with Crippen LogP contribution in [-0.4, -0.2) is 55.5 Å². The number of rotatable bonds is 5. The molecule has 0 aliphatic heterocycles. The number of tetrazole rings is 1. The molecule has 0 fully saturated rings. The number of urea groups is 1. The fraction of sp³-hybridized carbons (Fsp3) is 0.500. The maximum atomic E-state index is 11.1. The van der Waals surface area contributed by atoms with Gasteiger partial charge in [-0.3, -0.25) is 0 Å². The average Bonchev–Trinajstić information content (AvgIpc) is 2.75. The molecule has 10 heteroatoms. The third-order valence-corrected chi connectivity index (χ3v) is 1.58. The number of hydrogen-bond acceptors (Lipinski definition) is 6. The minimum absolute atomic E-state index is 0.000100. The van der Waals surface area contributed by atoms with Crippen molar-refractivity contribution in [2.75, 3.05) is 6.61 Å². The van der Waals surface area contributed by atoms with E-state index in [4.69, 9.17) is 10.2 Å². The minimum Gasteiger partial charge on any atom is -0.480 e. The molecule has 88 valence electrons. The molecule has 0 aromatic carbocycles. The Morgan fingerprint density at radius 3 is 2.75 bits per heavy atom. The molecule has 0 saturated heterocycles. The van der Waals surface area contributed by atoms with Crippen LogP contribution in [0.15, 0.2) is 0 Å². The van der Waals surface area contributed by atoms with Crippen LogP contribution < -0.4 is 10.6 Å². The summed E-state index contributed by atoms with van der Waals surface area (Å²) in [6.07, 6.45) is 0. The van der Waals surface area contributed by atoms with Gasteiger partial charge in [0.2, 0.25) is 0 Å². The number of aliphatic hydroxyl groups excluding tert-OH is 1. The van der Waals surface area contributed by atoms with Crippen molar-refractivity contribution < 1.29 is 19.8 Å². The molecule has 0 aliphatic rings. The number of carbonyl (C=O) groups is 2. The summed E-state index contributed by atoms with van der Waals surface area (Å²) in [4.78, 5) is 21.6. The van der Waals surface area contributed by atoms with Crippen LogP contribution in [0, 0.1) is 0 Å². The number of nitrogens with one attached hydrogen (secondary N) is 3. The Morgan fingerprint density at radius 2 is 2.25 bits per heavy atom. The molecule has 1 rings (SSSR count). The van der Waals surface area contributed by atoms with Crippen LogP contribution in [0.3, 0.4) is 0 Å². The van der Waals surface area contributed by atoms with Crippen LogP contribution in [0.2, 0.25) is 0 Å². The van der Waals surface area contributed by atoms with E-state index >= 15 is 0 Å². The van der Waals surface area contributed by atoms with Gasteiger partial charge in [-0.2, -0.15) is 5.21 Å². The Bertz CT molecular complexity index is 352. The summed E-state index contributed by atoms with van der Waals surface area (Å²) < 4.78 is 0. The van der Waals surface area contributed by atoms with Crippen LogP contribution >= 0.6 is 0 Å². The maximum absolute atomic E-state index is 11.1. The van der Waals surface area contributed by atoms with Crippen LogP contribution in [0.4, 0.5) is 4.79 Å². The number of carboxylic acids is 1. The van der Waals surface area contributed by atoms with Gasteiger partial charge < -0.3 is 20.8 Å². The summed E-state index contributed by atoms with van der Waals surface area (Å²) in [5.74, 6) is -1.07. The van der Waals surface area contributed by atoms with Gasteiger partial charge in [0, 0.05) is 0 Å². The Hall–Kier alpha value is -2.23. The van der Waals surface area contributed by atoms with E-state index < -0.39 is 24.6 Å². The Balaban J connectivity index is 2.33. The molecular weight excluding hydrogens is 220 g/mol. The van der Waals surface area contributed by atoms with Crippen LogP contribution in [-0.2, 0) is 11.3 Å². The van der Waals surface area contributed by atoms with Gasteiger partial charge in [-0.1, -0.05) is 5.21 Å². The van der Waals surface area contributed by atoms with Crippen molar-refractivity contribution in [1.82, 2.24) is 31.3 Å². The third-order valence-electron chi connectivity index (χ3n) is 1.58. The second-order valence-corrected chi connectivity index (χ2v) is 2.73. The lowest BCUT2D eigenvalue weighted by molar-refractivity contribution is -0.140. The Morgan fingerprint density at radius 1 is 1.50 bits per heavy atom. The molecule has 2 amide bonds. The number of aromatic nitrogens is 4. The predicted molar refractivity (Wildman–Crippen MR) is 48.1 cm³/mol. The first-order chi connectivity index (χ1) is 7.63. The summed E-state index contributed by atoms with van der Waals surface area (Å²) >= 11 is 0. The number of hydrogen-bond donors (Lipinski definition) is 5. The minimum atomic E-state index is -1.34. The third kappa shape index (κ3) is 3.49. The highest BCUT2D eigenvalue weighted by molar-refractivity contribution is 5.82. The molecule has 16 heavy (non-hydrogen) atoms. The van der Waals surface area contributed by atoms with E-state index in [0.717, 1.165) is 0 Å². The standard InChI is InChI=1S/C6H10N6O4/c13-2-3(5(14)15)8-6(16)7-1-4-9-11-12-10-4/h3,13H,1-2H2,(H,14,15)(H2,7,8,16)(H,9,10,11,12)/t3-/m0/s1. The van der Waals surface area contributed by atoms with Crippen LogP contribution in [0.25, 0.3) is 0 Å². The summed E-state index contributed by atoms with van der Waals surface area (Å²) in [6.45, 7) is -0.689. The number of carboxylic acid groups (broad SMARTS) is 1. The molecule has 0 spiro atoms. The first-order valence-corrected chi connectivity index (χ1v) is 4.24. The van der Waals surface area contributed by atoms with E-state index in [1.807, 2.05) is 5.32 Å². The molecule has 0 bridgehead atoms. The van der Waals surface area contributed by atoms with Crippen molar-refractivity contribution in [3.05, 3.63) is 5.82 Å². The molecule has 0 radical (unpaired) electrons. The normalized spacial score (nSPS) is 11.8. The molecule has 1 aromatic rings. The lowest BCUT2D eigenvalue weighted by Gasteiger charge is -2.11. The number of H-pyrrole nitrogens is 1. The molecule has 0 aliphatic carbocycles. The van der Waals surface area contributed by atoms with E-state index in [9.17, 15) is 9.59 Å². The van der Waals surface area contributed by atoms with Crippen molar-refractivity contribution in [1.29, 1.82) is 0 Å². The lowest BCUT2D eigenvalue weighted by Crippen LogP contribution is -2.47. The van der Waals surface area contributed by atoms with Gasteiger partial charge in [0.05, 0.1) is 13.2 Å². The fourth-order valence-electron chi connectivity index (χ4n) is 0.811. The lowest BCUT2D eigenvalue weighted by atomic mass is 10.3. The molecule has 1 aromatic heterocycles. The molecule has 1 atom stereocenters. The van der Waals surface area contributed by atoms with Gasteiger partial charge in [-0.05, 0) is 0 Å². The van der Waals surface area contributed by atoms with E-state index in [1.54, 1.807) is 0 Å². The number of carbonyl (C=O) groups excluding carboxylic acids is 1. The van der Waals surface area contributed by atoms with E-state index in [-0.39, 0.29) is 12.4 Å². The van der Waals surface area contributed by atoms with Gasteiger partial charge in [0.25, 0.3) is 0 Å². The molecule has 5 N–H and O–H groups in total. The van der Waals surface area contributed by atoms with Crippen LogP contribution in [0.5, 0.6) is 0 Å². The summed E-state index contributed by atoms with van der Waals surface area (Å²) in [6, 6.07) is -2.09. The topological polar surface area (TPSA) is 153 Å². The zero-order valence-electron chi connectivity index (χ0n) is 8.04. The highest BCUT2D eigenvalue weighted by Gasteiger charge is 2.18. The zero-order valence-corrected chi connectivity index (χ0v) is 8.04. The first-order valence-electron chi connectivity index (χ1n) is 4.24. The second kappa shape index (κ2) is 5.60. The van der Waals surface area contributed by atoms with Crippen molar-refractivity contribution >= 4 is 12.0 Å². The number of aromatic amines is 1.